The number of benzene rings is 2. The van der Waals surface area contributed by atoms with Crippen molar-refractivity contribution in [2.24, 2.45) is 0 Å². The number of carbonyl (C=O) groups excluding carboxylic acids is 1. The lowest BCUT2D eigenvalue weighted by atomic mass is 10.1. The van der Waals surface area contributed by atoms with Gasteiger partial charge in [-0.25, -0.2) is 0 Å². The first kappa shape index (κ1) is 14.5. The molecule has 3 rings (SSSR count). The van der Waals surface area contributed by atoms with E-state index in [1.807, 2.05) is 37.3 Å². The minimum Gasteiger partial charge on any atom is -0.289 e. The van der Waals surface area contributed by atoms with Gasteiger partial charge in [0, 0.05) is 15.6 Å². The first-order valence-corrected chi connectivity index (χ1v) is 7.47. The number of aromatic nitrogens is 3. The Morgan fingerprint density at radius 1 is 1.18 bits per heavy atom. The van der Waals surface area contributed by atoms with Gasteiger partial charge in [0.1, 0.15) is 0 Å². The van der Waals surface area contributed by atoms with E-state index >= 15 is 0 Å². The summed E-state index contributed by atoms with van der Waals surface area (Å²) < 4.78 is 0.843. The summed E-state index contributed by atoms with van der Waals surface area (Å²) in [5, 5.41) is 9.52. The molecule has 0 atom stereocenters. The zero-order valence-corrected chi connectivity index (χ0v) is 13.4. The van der Waals surface area contributed by atoms with Crippen LogP contribution in [0, 0.1) is 6.92 Å². The van der Waals surface area contributed by atoms with Crippen LogP contribution in [0.3, 0.4) is 0 Å². The van der Waals surface area contributed by atoms with Crippen molar-refractivity contribution in [2.75, 3.05) is 5.32 Å². The monoisotopic (exact) mass is 356 g/mol. The van der Waals surface area contributed by atoms with Crippen molar-refractivity contribution >= 4 is 27.8 Å². The van der Waals surface area contributed by atoms with Gasteiger partial charge in [-0.2, -0.15) is 4.98 Å². The van der Waals surface area contributed by atoms with E-state index in [1.165, 1.54) is 5.56 Å². The molecule has 2 aromatic carbocycles. The molecule has 0 aliphatic rings. The van der Waals surface area contributed by atoms with E-state index in [2.05, 4.69) is 36.4 Å². The second kappa shape index (κ2) is 6.11. The van der Waals surface area contributed by atoms with E-state index < -0.39 is 0 Å². The Kier molecular flexibility index (Phi) is 4.02. The smallest absolute Gasteiger partial charge is 0.258 e. The molecular formula is C16H13BrN4O. The van der Waals surface area contributed by atoms with E-state index in [0.717, 1.165) is 10.0 Å². The number of H-pyrrole nitrogens is 1. The number of rotatable bonds is 3. The molecule has 110 valence electrons. The standard InChI is InChI=1S/C16H13BrN4O/c1-10-5-7-11(8-6-10)14-18-16(21-20-14)19-15(22)12-3-2-4-13(17)9-12/h2-9H,1H3,(H2,18,19,20,21,22). The second-order valence-corrected chi connectivity index (χ2v) is 5.75. The zero-order chi connectivity index (χ0) is 15.5. The van der Waals surface area contributed by atoms with Crippen molar-refractivity contribution in [1.82, 2.24) is 15.2 Å². The van der Waals surface area contributed by atoms with Gasteiger partial charge in [-0.15, -0.1) is 5.10 Å². The third kappa shape index (κ3) is 3.23. The van der Waals surface area contributed by atoms with Crippen LogP contribution in [0.4, 0.5) is 5.95 Å². The number of nitrogens with zero attached hydrogens (tertiary/aromatic N) is 2. The van der Waals surface area contributed by atoms with Gasteiger partial charge in [-0.1, -0.05) is 51.8 Å². The zero-order valence-electron chi connectivity index (χ0n) is 11.8. The van der Waals surface area contributed by atoms with Crippen LogP contribution < -0.4 is 5.32 Å². The van der Waals surface area contributed by atoms with E-state index in [-0.39, 0.29) is 11.9 Å². The fourth-order valence-corrected chi connectivity index (χ4v) is 2.36. The predicted molar refractivity (Wildman–Crippen MR) is 88.7 cm³/mol. The summed E-state index contributed by atoms with van der Waals surface area (Å²) in [6.45, 7) is 2.02. The van der Waals surface area contributed by atoms with E-state index in [0.29, 0.717) is 11.4 Å². The number of halogens is 1. The van der Waals surface area contributed by atoms with Crippen molar-refractivity contribution in [3.63, 3.8) is 0 Å². The lowest BCUT2D eigenvalue weighted by Gasteiger charge is -2.01. The number of nitrogens with one attached hydrogen (secondary N) is 2. The van der Waals surface area contributed by atoms with Gasteiger partial charge in [0.2, 0.25) is 5.95 Å². The molecule has 1 amide bonds. The van der Waals surface area contributed by atoms with Crippen molar-refractivity contribution in [3.8, 4) is 11.4 Å². The number of aryl methyl sites for hydroxylation is 1. The highest BCUT2D eigenvalue weighted by Gasteiger charge is 2.11. The number of amides is 1. The molecular weight excluding hydrogens is 344 g/mol. The third-order valence-electron chi connectivity index (χ3n) is 3.12. The molecule has 1 heterocycles. The highest BCUT2D eigenvalue weighted by molar-refractivity contribution is 9.10. The highest BCUT2D eigenvalue weighted by Crippen LogP contribution is 2.17. The summed E-state index contributed by atoms with van der Waals surface area (Å²) in [6.07, 6.45) is 0. The number of carbonyl (C=O) groups is 1. The van der Waals surface area contributed by atoms with E-state index in [1.54, 1.807) is 18.2 Å². The Hall–Kier alpha value is -2.47. The maximum atomic E-state index is 12.1. The van der Waals surface area contributed by atoms with Crippen LogP contribution in [0.5, 0.6) is 0 Å². The summed E-state index contributed by atoms with van der Waals surface area (Å²) in [4.78, 5) is 16.4. The molecule has 0 bridgehead atoms. The van der Waals surface area contributed by atoms with Crippen molar-refractivity contribution in [3.05, 3.63) is 64.1 Å². The fourth-order valence-electron chi connectivity index (χ4n) is 1.96. The summed E-state index contributed by atoms with van der Waals surface area (Å²) >= 11 is 3.34. The van der Waals surface area contributed by atoms with Crippen LogP contribution in [0.2, 0.25) is 0 Å². The largest absolute Gasteiger partial charge is 0.289 e. The molecule has 22 heavy (non-hydrogen) atoms. The minimum absolute atomic E-state index is 0.251. The molecule has 0 aliphatic carbocycles. The van der Waals surface area contributed by atoms with Crippen LogP contribution in [0.1, 0.15) is 15.9 Å². The number of hydrogen-bond donors (Lipinski definition) is 2. The summed E-state index contributed by atoms with van der Waals surface area (Å²) in [5.41, 5.74) is 2.63. The van der Waals surface area contributed by atoms with Crippen LogP contribution >= 0.6 is 15.9 Å². The van der Waals surface area contributed by atoms with Gasteiger partial charge in [-0.3, -0.25) is 15.2 Å². The average Bonchev–Trinajstić information content (AvgIpc) is 2.96. The lowest BCUT2D eigenvalue weighted by molar-refractivity contribution is 0.102. The number of hydrogen-bond acceptors (Lipinski definition) is 3. The molecule has 2 N–H and O–H groups in total. The lowest BCUT2D eigenvalue weighted by Crippen LogP contribution is -2.12. The first-order valence-electron chi connectivity index (χ1n) is 6.68. The van der Waals surface area contributed by atoms with Gasteiger partial charge in [-0.05, 0) is 25.1 Å². The number of aromatic amines is 1. The molecule has 0 saturated heterocycles. The van der Waals surface area contributed by atoms with E-state index in [9.17, 15) is 4.79 Å². The molecule has 0 saturated carbocycles. The Morgan fingerprint density at radius 2 is 1.95 bits per heavy atom. The molecule has 3 aromatic rings. The summed E-state index contributed by atoms with van der Waals surface area (Å²) in [7, 11) is 0. The fraction of sp³-hybridized carbons (Fsp3) is 0.0625. The molecule has 0 spiro atoms. The average molecular weight is 357 g/mol. The SMILES string of the molecule is Cc1ccc(-c2nc(NC(=O)c3cccc(Br)c3)n[nH]2)cc1. The van der Waals surface area contributed by atoms with Gasteiger partial charge < -0.3 is 0 Å². The molecule has 0 aliphatic heterocycles. The molecule has 6 heteroatoms. The second-order valence-electron chi connectivity index (χ2n) is 4.84. The van der Waals surface area contributed by atoms with Gasteiger partial charge >= 0.3 is 0 Å². The Balaban J connectivity index is 1.77. The predicted octanol–water partition coefficient (Wildman–Crippen LogP) is 3.79. The summed E-state index contributed by atoms with van der Waals surface area (Å²) in [5.74, 6) is 0.612. The molecule has 0 unspecified atom stereocenters. The van der Waals surface area contributed by atoms with Crippen LogP contribution in [-0.2, 0) is 0 Å². The molecule has 0 fully saturated rings. The normalized spacial score (nSPS) is 10.5. The molecule has 1 aromatic heterocycles. The van der Waals surface area contributed by atoms with E-state index in [4.69, 9.17) is 0 Å². The maximum Gasteiger partial charge on any atom is 0.258 e. The molecule has 0 radical (unpaired) electrons. The summed E-state index contributed by atoms with van der Waals surface area (Å²) in [6, 6.07) is 15.0. The Morgan fingerprint density at radius 3 is 2.68 bits per heavy atom. The maximum absolute atomic E-state index is 12.1. The Labute approximate surface area is 135 Å². The minimum atomic E-state index is -0.254. The van der Waals surface area contributed by atoms with Crippen molar-refractivity contribution < 1.29 is 4.79 Å². The van der Waals surface area contributed by atoms with Gasteiger partial charge in [0.25, 0.3) is 5.91 Å². The highest BCUT2D eigenvalue weighted by atomic mass is 79.9. The quantitative estimate of drug-likeness (QED) is 0.749. The topological polar surface area (TPSA) is 70.7 Å². The first-order chi connectivity index (χ1) is 10.6. The van der Waals surface area contributed by atoms with Crippen molar-refractivity contribution in [2.45, 2.75) is 6.92 Å². The Bertz CT molecular complexity index is 811. The van der Waals surface area contributed by atoms with Crippen LogP contribution in [0.25, 0.3) is 11.4 Å². The van der Waals surface area contributed by atoms with Gasteiger partial charge in [0.05, 0.1) is 0 Å². The van der Waals surface area contributed by atoms with Gasteiger partial charge in [0.15, 0.2) is 5.82 Å². The van der Waals surface area contributed by atoms with Crippen LogP contribution in [0.15, 0.2) is 53.0 Å². The van der Waals surface area contributed by atoms with Crippen molar-refractivity contribution in [1.29, 1.82) is 0 Å². The van der Waals surface area contributed by atoms with Crippen LogP contribution in [-0.4, -0.2) is 21.1 Å². The third-order valence-corrected chi connectivity index (χ3v) is 3.62. The molecule has 5 nitrogen and oxygen atoms in total. The number of anilines is 1.